The van der Waals surface area contributed by atoms with E-state index < -0.39 is 0 Å². The van der Waals surface area contributed by atoms with Crippen LogP contribution in [0.2, 0.25) is 0 Å². The molecule has 2 rings (SSSR count). The first-order valence-electron chi connectivity index (χ1n) is 6.18. The molecule has 1 unspecified atom stereocenters. The molecule has 1 aliphatic rings. The summed E-state index contributed by atoms with van der Waals surface area (Å²) in [6.45, 7) is 6.27. The predicted molar refractivity (Wildman–Crippen MR) is 69.3 cm³/mol. The summed E-state index contributed by atoms with van der Waals surface area (Å²) in [7, 11) is 0. The van der Waals surface area contributed by atoms with Gasteiger partial charge in [0.15, 0.2) is 0 Å². The second kappa shape index (κ2) is 5.30. The summed E-state index contributed by atoms with van der Waals surface area (Å²) >= 11 is 0. The second-order valence-corrected chi connectivity index (χ2v) is 4.77. The van der Waals surface area contributed by atoms with Crippen molar-refractivity contribution in [3.8, 4) is 0 Å². The molecule has 0 saturated carbocycles. The second-order valence-electron chi connectivity index (χ2n) is 4.77. The number of nitrogens with zero attached hydrogens (tertiary/aromatic N) is 3. The smallest absolute Gasteiger partial charge is 0.241 e. The number of carbonyl (C=O) groups excluding carboxylic acids is 1. The van der Waals surface area contributed by atoms with Crippen LogP contribution in [0, 0.1) is 0 Å². The van der Waals surface area contributed by atoms with E-state index in [1.54, 1.807) is 6.33 Å². The highest BCUT2D eigenvalue weighted by Crippen LogP contribution is 2.19. The lowest BCUT2D eigenvalue weighted by Crippen LogP contribution is -2.57. The van der Waals surface area contributed by atoms with Gasteiger partial charge in [0.05, 0.1) is 0 Å². The molecular formula is C12H19N5O. The molecule has 1 aliphatic heterocycles. The number of hydrogen-bond donors (Lipinski definition) is 2. The van der Waals surface area contributed by atoms with E-state index in [1.165, 1.54) is 0 Å². The van der Waals surface area contributed by atoms with E-state index in [2.05, 4.69) is 29.1 Å². The SMILES string of the molecule is CC(C)c1cc(N2CCNCC2C(N)=O)ncn1. The van der Waals surface area contributed by atoms with Gasteiger partial charge in [-0.05, 0) is 5.92 Å². The minimum Gasteiger partial charge on any atom is -0.368 e. The molecule has 1 fully saturated rings. The molecule has 2 heterocycles. The maximum Gasteiger partial charge on any atom is 0.241 e. The minimum atomic E-state index is -0.339. The van der Waals surface area contributed by atoms with Crippen LogP contribution in [-0.4, -0.2) is 41.6 Å². The van der Waals surface area contributed by atoms with Gasteiger partial charge in [0.25, 0.3) is 0 Å². The molecule has 1 amide bonds. The molecule has 0 aromatic carbocycles. The largest absolute Gasteiger partial charge is 0.368 e. The van der Waals surface area contributed by atoms with Crippen LogP contribution < -0.4 is 16.0 Å². The van der Waals surface area contributed by atoms with Gasteiger partial charge >= 0.3 is 0 Å². The monoisotopic (exact) mass is 249 g/mol. The summed E-state index contributed by atoms with van der Waals surface area (Å²) < 4.78 is 0. The zero-order valence-corrected chi connectivity index (χ0v) is 10.8. The molecular weight excluding hydrogens is 230 g/mol. The number of nitrogens with one attached hydrogen (secondary N) is 1. The van der Waals surface area contributed by atoms with Crippen molar-refractivity contribution >= 4 is 11.7 Å². The Bertz CT molecular complexity index is 434. The number of carbonyl (C=O) groups is 1. The van der Waals surface area contributed by atoms with Gasteiger partial charge in [-0.1, -0.05) is 13.8 Å². The van der Waals surface area contributed by atoms with Crippen molar-refractivity contribution in [1.29, 1.82) is 0 Å². The first-order valence-corrected chi connectivity index (χ1v) is 6.18. The number of rotatable bonds is 3. The lowest BCUT2D eigenvalue weighted by Gasteiger charge is -2.35. The quantitative estimate of drug-likeness (QED) is 0.779. The van der Waals surface area contributed by atoms with E-state index in [0.717, 1.165) is 24.6 Å². The van der Waals surface area contributed by atoms with E-state index in [0.29, 0.717) is 12.5 Å². The Morgan fingerprint density at radius 3 is 3.00 bits per heavy atom. The van der Waals surface area contributed by atoms with Gasteiger partial charge in [-0.2, -0.15) is 0 Å². The maximum atomic E-state index is 11.5. The highest BCUT2D eigenvalue weighted by atomic mass is 16.1. The Morgan fingerprint density at radius 2 is 2.33 bits per heavy atom. The van der Waals surface area contributed by atoms with Crippen LogP contribution >= 0.6 is 0 Å². The van der Waals surface area contributed by atoms with Crippen LogP contribution in [0.15, 0.2) is 12.4 Å². The molecule has 6 heteroatoms. The van der Waals surface area contributed by atoms with Crippen LogP contribution in [0.1, 0.15) is 25.5 Å². The molecule has 0 bridgehead atoms. The van der Waals surface area contributed by atoms with Gasteiger partial charge in [0.2, 0.25) is 5.91 Å². The molecule has 98 valence electrons. The Labute approximate surface area is 107 Å². The summed E-state index contributed by atoms with van der Waals surface area (Å²) in [5.41, 5.74) is 6.40. The summed E-state index contributed by atoms with van der Waals surface area (Å²) in [5, 5.41) is 3.17. The average molecular weight is 249 g/mol. The fourth-order valence-corrected chi connectivity index (χ4v) is 2.07. The first kappa shape index (κ1) is 12.8. The molecule has 1 atom stereocenters. The summed E-state index contributed by atoms with van der Waals surface area (Å²) in [5.74, 6) is 0.785. The third-order valence-electron chi connectivity index (χ3n) is 3.13. The first-order chi connectivity index (χ1) is 8.59. The summed E-state index contributed by atoms with van der Waals surface area (Å²) in [6.07, 6.45) is 1.55. The van der Waals surface area contributed by atoms with Crippen LogP contribution in [0.3, 0.4) is 0 Å². The number of amides is 1. The van der Waals surface area contributed by atoms with Crippen LogP contribution in [0.4, 0.5) is 5.82 Å². The Hall–Kier alpha value is -1.69. The van der Waals surface area contributed by atoms with Crippen molar-refractivity contribution in [2.24, 2.45) is 5.73 Å². The van der Waals surface area contributed by atoms with Gasteiger partial charge in [0, 0.05) is 31.4 Å². The predicted octanol–water partition coefficient (Wildman–Crippen LogP) is -0.136. The van der Waals surface area contributed by atoms with Crippen molar-refractivity contribution in [1.82, 2.24) is 15.3 Å². The standard InChI is InChI=1S/C12H19N5O/c1-8(2)9-5-11(16-7-15-9)17-4-3-14-6-10(17)12(13)18/h5,7-8,10,14H,3-4,6H2,1-2H3,(H2,13,18). The van der Waals surface area contributed by atoms with Gasteiger partial charge in [-0.25, -0.2) is 9.97 Å². The number of aromatic nitrogens is 2. The minimum absolute atomic E-state index is 0.327. The van der Waals surface area contributed by atoms with Crippen molar-refractivity contribution in [2.45, 2.75) is 25.8 Å². The number of hydrogen-bond acceptors (Lipinski definition) is 5. The molecule has 18 heavy (non-hydrogen) atoms. The van der Waals surface area contributed by atoms with Crippen molar-refractivity contribution < 1.29 is 4.79 Å². The highest BCUT2D eigenvalue weighted by Gasteiger charge is 2.28. The third-order valence-corrected chi connectivity index (χ3v) is 3.13. The zero-order chi connectivity index (χ0) is 13.1. The lowest BCUT2D eigenvalue weighted by atomic mass is 10.1. The molecule has 0 radical (unpaired) electrons. The zero-order valence-electron chi connectivity index (χ0n) is 10.8. The van der Waals surface area contributed by atoms with Crippen LogP contribution in [0.5, 0.6) is 0 Å². The van der Waals surface area contributed by atoms with Gasteiger partial charge < -0.3 is 16.0 Å². The van der Waals surface area contributed by atoms with E-state index in [-0.39, 0.29) is 11.9 Å². The Morgan fingerprint density at radius 1 is 1.56 bits per heavy atom. The van der Waals surface area contributed by atoms with Gasteiger partial charge in [-0.3, -0.25) is 4.79 Å². The molecule has 1 saturated heterocycles. The Balaban J connectivity index is 2.28. The fourth-order valence-electron chi connectivity index (χ4n) is 2.07. The van der Waals surface area contributed by atoms with E-state index >= 15 is 0 Å². The van der Waals surface area contributed by atoms with E-state index in [9.17, 15) is 4.79 Å². The molecule has 1 aromatic rings. The van der Waals surface area contributed by atoms with Gasteiger partial charge in [0.1, 0.15) is 18.2 Å². The maximum absolute atomic E-state index is 11.5. The Kier molecular flexibility index (Phi) is 3.76. The topological polar surface area (TPSA) is 84.1 Å². The van der Waals surface area contributed by atoms with Crippen molar-refractivity contribution in [3.05, 3.63) is 18.1 Å². The molecule has 6 nitrogen and oxygen atoms in total. The highest BCUT2D eigenvalue weighted by molar-refractivity contribution is 5.83. The van der Waals surface area contributed by atoms with Crippen LogP contribution in [-0.2, 0) is 4.79 Å². The average Bonchev–Trinajstić information content (AvgIpc) is 2.39. The summed E-state index contributed by atoms with van der Waals surface area (Å²) in [4.78, 5) is 21.9. The fraction of sp³-hybridized carbons (Fsp3) is 0.583. The van der Waals surface area contributed by atoms with Gasteiger partial charge in [-0.15, -0.1) is 0 Å². The molecule has 0 spiro atoms. The van der Waals surface area contributed by atoms with Crippen molar-refractivity contribution in [2.75, 3.05) is 24.5 Å². The number of anilines is 1. The number of piperazine rings is 1. The van der Waals surface area contributed by atoms with Crippen molar-refractivity contribution in [3.63, 3.8) is 0 Å². The van der Waals surface area contributed by atoms with E-state index in [4.69, 9.17) is 5.73 Å². The molecule has 1 aromatic heterocycles. The molecule has 3 N–H and O–H groups in total. The molecule has 0 aliphatic carbocycles. The normalized spacial score (nSPS) is 20.2. The number of primary amides is 1. The van der Waals surface area contributed by atoms with E-state index in [1.807, 2.05) is 11.0 Å². The number of nitrogens with two attached hydrogens (primary N) is 1. The summed E-state index contributed by atoms with van der Waals surface area (Å²) in [6, 6.07) is 1.60. The third kappa shape index (κ3) is 2.59. The lowest BCUT2D eigenvalue weighted by molar-refractivity contribution is -0.119. The van der Waals surface area contributed by atoms with Crippen LogP contribution in [0.25, 0.3) is 0 Å².